The first-order valence-electron chi connectivity index (χ1n) is 7.87. The number of ketones is 1. The summed E-state index contributed by atoms with van der Waals surface area (Å²) in [4.78, 5) is 12.6. The van der Waals surface area contributed by atoms with Crippen molar-refractivity contribution in [3.05, 3.63) is 69.2 Å². The second-order valence-electron chi connectivity index (χ2n) is 7.31. The predicted molar refractivity (Wildman–Crippen MR) is 96.8 cm³/mol. The zero-order chi connectivity index (χ0) is 16.8. The van der Waals surface area contributed by atoms with Gasteiger partial charge in [0, 0.05) is 11.5 Å². The molecule has 23 heavy (non-hydrogen) atoms. The molecule has 0 unspecified atom stereocenters. The maximum Gasteiger partial charge on any atom is 0.166 e. The Kier molecular flexibility index (Phi) is 4.29. The van der Waals surface area contributed by atoms with Crippen molar-refractivity contribution in [2.45, 2.75) is 38.5 Å². The molecular weight excluding hydrogens is 327 g/mol. The van der Waals surface area contributed by atoms with Crippen LogP contribution in [0.25, 0.3) is 0 Å². The third-order valence-corrected chi connectivity index (χ3v) is 5.28. The SMILES string of the molecule is CC(C)(C)c1ccc([C@H]2C[C@@H]2C(=O)c2ccc(Cl)c(Cl)c2)cc1. The molecule has 0 spiro atoms. The van der Waals surface area contributed by atoms with Crippen molar-refractivity contribution in [2.24, 2.45) is 5.92 Å². The molecule has 2 aromatic rings. The Morgan fingerprint density at radius 3 is 2.22 bits per heavy atom. The van der Waals surface area contributed by atoms with E-state index in [4.69, 9.17) is 23.2 Å². The van der Waals surface area contributed by atoms with Gasteiger partial charge in [-0.15, -0.1) is 0 Å². The molecule has 0 N–H and O–H groups in total. The minimum atomic E-state index is 0.0627. The third-order valence-electron chi connectivity index (χ3n) is 4.54. The topological polar surface area (TPSA) is 17.1 Å². The minimum absolute atomic E-state index is 0.0627. The summed E-state index contributed by atoms with van der Waals surface area (Å²) >= 11 is 11.9. The van der Waals surface area contributed by atoms with Gasteiger partial charge in [0.05, 0.1) is 10.0 Å². The Morgan fingerprint density at radius 1 is 1.00 bits per heavy atom. The maximum absolute atomic E-state index is 12.6. The maximum atomic E-state index is 12.6. The van der Waals surface area contributed by atoms with Gasteiger partial charge < -0.3 is 0 Å². The first-order chi connectivity index (χ1) is 10.8. The molecular formula is C20H20Cl2O. The summed E-state index contributed by atoms with van der Waals surface area (Å²) in [6.07, 6.45) is 0.911. The van der Waals surface area contributed by atoms with Crippen LogP contribution in [0.5, 0.6) is 0 Å². The van der Waals surface area contributed by atoms with Gasteiger partial charge in [-0.3, -0.25) is 4.79 Å². The normalized spacial score (nSPS) is 20.4. The van der Waals surface area contributed by atoms with E-state index in [9.17, 15) is 4.79 Å². The summed E-state index contributed by atoms with van der Waals surface area (Å²) < 4.78 is 0. The van der Waals surface area contributed by atoms with Crippen LogP contribution in [0.4, 0.5) is 0 Å². The molecule has 120 valence electrons. The fraction of sp³-hybridized carbons (Fsp3) is 0.350. The fourth-order valence-electron chi connectivity index (χ4n) is 2.95. The van der Waals surface area contributed by atoms with E-state index in [2.05, 4.69) is 45.0 Å². The summed E-state index contributed by atoms with van der Waals surface area (Å²) in [5.74, 6) is 0.548. The van der Waals surface area contributed by atoms with Gasteiger partial charge >= 0.3 is 0 Å². The summed E-state index contributed by atoms with van der Waals surface area (Å²) in [6.45, 7) is 6.61. The molecule has 1 fully saturated rings. The van der Waals surface area contributed by atoms with Gasteiger partial charge in [-0.25, -0.2) is 0 Å². The summed E-state index contributed by atoms with van der Waals surface area (Å²) in [5, 5.41) is 0.914. The van der Waals surface area contributed by atoms with Crippen molar-refractivity contribution in [1.82, 2.24) is 0 Å². The van der Waals surface area contributed by atoms with Crippen LogP contribution < -0.4 is 0 Å². The van der Waals surface area contributed by atoms with Crippen LogP contribution in [0.2, 0.25) is 10.0 Å². The lowest BCUT2D eigenvalue weighted by molar-refractivity contribution is 0.0965. The van der Waals surface area contributed by atoms with E-state index in [1.165, 1.54) is 11.1 Å². The van der Waals surface area contributed by atoms with E-state index in [-0.39, 0.29) is 17.1 Å². The molecule has 0 aliphatic heterocycles. The highest BCUT2D eigenvalue weighted by Gasteiger charge is 2.44. The van der Waals surface area contributed by atoms with Gasteiger partial charge in [-0.2, -0.15) is 0 Å². The van der Waals surface area contributed by atoms with E-state index < -0.39 is 0 Å². The molecule has 1 nitrogen and oxygen atoms in total. The van der Waals surface area contributed by atoms with E-state index in [0.717, 1.165) is 6.42 Å². The summed E-state index contributed by atoms with van der Waals surface area (Å²) in [7, 11) is 0. The van der Waals surface area contributed by atoms with Gasteiger partial charge in [0.1, 0.15) is 0 Å². The Labute approximate surface area is 147 Å². The smallest absolute Gasteiger partial charge is 0.166 e. The van der Waals surface area contributed by atoms with Gasteiger partial charge in [-0.1, -0.05) is 68.2 Å². The second kappa shape index (κ2) is 5.96. The van der Waals surface area contributed by atoms with E-state index in [1.54, 1.807) is 18.2 Å². The molecule has 2 atom stereocenters. The highest BCUT2D eigenvalue weighted by Crippen LogP contribution is 2.49. The predicted octanol–water partition coefficient (Wildman–Crippen LogP) is 6.28. The monoisotopic (exact) mass is 346 g/mol. The Morgan fingerprint density at radius 2 is 1.65 bits per heavy atom. The zero-order valence-electron chi connectivity index (χ0n) is 13.6. The van der Waals surface area contributed by atoms with Crippen molar-refractivity contribution >= 4 is 29.0 Å². The Hall–Kier alpha value is -1.31. The molecule has 1 aliphatic rings. The van der Waals surface area contributed by atoms with Crippen molar-refractivity contribution in [3.63, 3.8) is 0 Å². The summed E-state index contributed by atoms with van der Waals surface area (Å²) in [6, 6.07) is 13.8. The average Bonchev–Trinajstić information content (AvgIpc) is 3.29. The van der Waals surface area contributed by atoms with Crippen molar-refractivity contribution in [1.29, 1.82) is 0 Å². The van der Waals surface area contributed by atoms with E-state index in [0.29, 0.717) is 21.5 Å². The molecule has 0 aromatic heterocycles. The highest BCUT2D eigenvalue weighted by molar-refractivity contribution is 6.42. The highest BCUT2D eigenvalue weighted by atomic mass is 35.5. The zero-order valence-corrected chi connectivity index (χ0v) is 15.1. The van der Waals surface area contributed by atoms with Gasteiger partial charge in [0.15, 0.2) is 5.78 Å². The lowest BCUT2D eigenvalue weighted by atomic mass is 9.86. The van der Waals surface area contributed by atoms with Crippen LogP contribution >= 0.6 is 23.2 Å². The third kappa shape index (κ3) is 3.46. The van der Waals surface area contributed by atoms with E-state index >= 15 is 0 Å². The largest absolute Gasteiger partial charge is 0.294 e. The van der Waals surface area contributed by atoms with Gasteiger partial charge in [0.25, 0.3) is 0 Å². The number of halogens is 2. The molecule has 0 radical (unpaired) electrons. The number of carbonyl (C=O) groups is 1. The standard InChI is InChI=1S/C20H20Cl2O/c1-20(2,3)14-7-4-12(5-8-14)15-11-16(15)19(23)13-6-9-17(21)18(22)10-13/h4-10,15-16H,11H2,1-3H3/t15-,16+/m1/s1. The minimum Gasteiger partial charge on any atom is -0.294 e. The van der Waals surface area contributed by atoms with Crippen molar-refractivity contribution < 1.29 is 4.79 Å². The first-order valence-corrected chi connectivity index (χ1v) is 8.62. The number of benzene rings is 2. The molecule has 3 rings (SSSR count). The first kappa shape index (κ1) is 16.5. The lowest BCUT2D eigenvalue weighted by Crippen LogP contribution is -2.10. The number of carbonyl (C=O) groups excluding carboxylic acids is 1. The van der Waals surface area contributed by atoms with Gasteiger partial charge in [0.2, 0.25) is 0 Å². The van der Waals surface area contributed by atoms with Crippen molar-refractivity contribution in [3.8, 4) is 0 Å². The van der Waals surface area contributed by atoms with Crippen LogP contribution in [0.3, 0.4) is 0 Å². The summed E-state index contributed by atoms with van der Waals surface area (Å²) in [5.41, 5.74) is 3.36. The fourth-order valence-corrected chi connectivity index (χ4v) is 3.25. The number of rotatable bonds is 3. The van der Waals surface area contributed by atoms with Crippen LogP contribution in [-0.4, -0.2) is 5.78 Å². The molecule has 3 heteroatoms. The molecule has 1 saturated carbocycles. The Bertz CT molecular complexity index is 741. The molecule has 0 saturated heterocycles. The molecule has 0 bridgehead atoms. The van der Waals surface area contributed by atoms with Crippen LogP contribution in [0, 0.1) is 5.92 Å². The Balaban J connectivity index is 1.73. The van der Waals surface area contributed by atoms with Crippen molar-refractivity contribution in [2.75, 3.05) is 0 Å². The molecule has 0 amide bonds. The number of hydrogen-bond acceptors (Lipinski definition) is 1. The quantitative estimate of drug-likeness (QED) is 0.598. The lowest BCUT2D eigenvalue weighted by Gasteiger charge is -2.19. The van der Waals surface area contributed by atoms with Gasteiger partial charge in [-0.05, 0) is 47.1 Å². The molecule has 2 aromatic carbocycles. The molecule has 0 heterocycles. The second-order valence-corrected chi connectivity index (χ2v) is 8.13. The number of Topliss-reactive ketones (excluding diaryl/α,β-unsaturated/α-hetero) is 1. The molecule has 1 aliphatic carbocycles. The van der Waals surface area contributed by atoms with Crippen LogP contribution in [0.1, 0.15) is 54.6 Å². The van der Waals surface area contributed by atoms with E-state index in [1.807, 2.05) is 0 Å². The average molecular weight is 347 g/mol. The number of hydrogen-bond donors (Lipinski definition) is 0. The van der Waals surface area contributed by atoms with Crippen LogP contribution in [-0.2, 0) is 5.41 Å². The van der Waals surface area contributed by atoms with Crippen LogP contribution in [0.15, 0.2) is 42.5 Å².